The van der Waals surface area contributed by atoms with Gasteiger partial charge in [0.05, 0.1) is 0 Å². The van der Waals surface area contributed by atoms with E-state index in [1.54, 1.807) is 0 Å². The van der Waals surface area contributed by atoms with Crippen LogP contribution in [0.15, 0.2) is 12.3 Å². The molecule has 1 heterocycles. The highest BCUT2D eigenvalue weighted by molar-refractivity contribution is 4.91. The van der Waals surface area contributed by atoms with Crippen molar-refractivity contribution in [2.75, 3.05) is 13.6 Å². The quantitative estimate of drug-likeness (QED) is 0.497. The molecule has 0 radical (unpaired) electrons. The molecule has 0 amide bonds. The lowest BCUT2D eigenvalue weighted by molar-refractivity contribution is 0.228. The van der Waals surface area contributed by atoms with Gasteiger partial charge in [-0.3, -0.25) is 0 Å². The first-order valence-electron chi connectivity index (χ1n) is 2.94. The highest BCUT2D eigenvalue weighted by Crippen LogP contribution is 2.04. The summed E-state index contributed by atoms with van der Waals surface area (Å²) < 4.78 is 0. The van der Waals surface area contributed by atoms with Crippen LogP contribution in [0.4, 0.5) is 0 Å². The monoisotopic (exact) mass is 112 g/mol. The number of nitrogens with zero attached hydrogens (tertiary/aromatic N) is 1. The minimum absolute atomic E-state index is 1.13. The van der Waals surface area contributed by atoms with Gasteiger partial charge in [0.15, 0.2) is 0 Å². The van der Waals surface area contributed by atoms with Crippen molar-refractivity contribution < 1.29 is 0 Å². The largest absolute Gasteiger partial charge is 0.324 e. The summed E-state index contributed by atoms with van der Waals surface area (Å²) in [6, 6.07) is 0. The molecule has 0 bridgehead atoms. The van der Waals surface area contributed by atoms with E-state index in [1.165, 1.54) is 6.42 Å². The molecule has 1 fully saturated rings. The molecule has 1 aliphatic rings. The molecular formula is C6H12N2. The second-order valence-electron chi connectivity index (χ2n) is 2.24. The maximum absolute atomic E-state index is 3.81. The van der Waals surface area contributed by atoms with Crippen molar-refractivity contribution in [3.63, 3.8) is 0 Å². The van der Waals surface area contributed by atoms with Gasteiger partial charge in [-0.25, -0.2) is 5.01 Å². The third-order valence-corrected chi connectivity index (χ3v) is 1.32. The molecule has 0 aromatic rings. The van der Waals surface area contributed by atoms with Crippen molar-refractivity contribution in [3.8, 4) is 0 Å². The first-order chi connectivity index (χ1) is 3.79. The molecule has 0 atom stereocenters. The zero-order valence-electron chi connectivity index (χ0n) is 5.28. The van der Waals surface area contributed by atoms with E-state index in [9.17, 15) is 0 Å². The topological polar surface area (TPSA) is 15.3 Å². The third kappa shape index (κ3) is 1.23. The van der Waals surface area contributed by atoms with Crippen LogP contribution < -0.4 is 5.43 Å². The number of allylic oxidation sites excluding steroid dienone is 1. The molecule has 46 valence electrons. The number of hydrogen-bond donors (Lipinski definition) is 1. The van der Waals surface area contributed by atoms with E-state index in [0.29, 0.717) is 0 Å². The number of hydrazine groups is 1. The maximum atomic E-state index is 3.81. The number of rotatable bonds is 0. The van der Waals surface area contributed by atoms with Crippen molar-refractivity contribution in [2.45, 2.75) is 12.8 Å². The van der Waals surface area contributed by atoms with Gasteiger partial charge in [0.25, 0.3) is 0 Å². The van der Waals surface area contributed by atoms with Crippen molar-refractivity contribution in [1.29, 1.82) is 0 Å². The highest BCUT2D eigenvalue weighted by Gasteiger charge is 2.04. The van der Waals surface area contributed by atoms with Crippen LogP contribution in [0.1, 0.15) is 12.8 Å². The van der Waals surface area contributed by atoms with Gasteiger partial charge in [-0.2, -0.15) is 0 Å². The highest BCUT2D eigenvalue weighted by atomic mass is 15.5. The van der Waals surface area contributed by atoms with Crippen LogP contribution in [0, 0.1) is 0 Å². The van der Waals surface area contributed by atoms with Gasteiger partial charge < -0.3 is 5.43 Å². The first-order valence-corrected chi connectivity index (χ1v) is 2.94. The third-order valence-electron chi connectivity index (χ3n) is 1.32. The van der Waals surface area contributed by atoms with Gasteiger partial charge in [-0.1, -0.05) is 6.58 Å². The molecule has 0 saturated carbocycles. The molecule has 2 heteroatoms. The van der Waals surface area contributed by atoms with E-state index in [1.807, 2.05) is 7.05 Å². The zero-order valence-corrected chi connectivity index (χ0v) is 5.28. The lowest BCUT2D eigenvalue weighted by atomic mass is 10.2. The van der Waals surface area contributed by atoms with Crippen molar-refractivity contribution in [1.82, 2.24) is 10.4 Å². The van der Waals surface area contributed by atoms with E-state index in [2.05, 4.69) is 17.0 Å². The van der Waals surface area contributed by atoms with Crippen LogP contribution in [0.5, 0.6) is 0 Å². The van der Waals surface area contributed by atoms with Crippen LogP contribution in [0.3, 0.4) is 0 Å². The predicted molar refractivity (Wildman–Crippen MR) is 34.1 cm³/mol. The fourth-order valence-corrected chi connectivity index (χ4v) is 0.911. The van der Waals surface area contributed by atoms with Crippen molar-refractivity contribution >= 4 is 0 Å². The average Bonchev–Trinajstić information content (AvgIpc) is 1.64. The second kappa shape index (κ2) is 2.18. The Labute approximate surface area is 50.1 Å². The van der Waals surface area contributed by atoms with Gasteiger partial charge in [0, 0.05) is 19.3 Å². The Morgan fingerprint density at radius 3 is 2.88 bits per heavy atom. The molecule has 0 aromatic heterocycles. The fourth-order valence-electron chi connectivity index (χ4n) is 0.911. The van der Waals surface area contributed by atoms with Gasteiger partial charge in [-0.05, 0) is 12.8 Å². The molecule has 1 N–H and O–H groups in total. The fraction of sp³-hybridized carbons (Fsp3) is 0.667. The predicted octanol–water partition coefficient (Wildman–Crippen LogP) is 0.730. The van der Waals surface area contributed by atoms with Gasteiger partial charge in [0.2, 0.25) is 0 Å². The minimum Gasteiger partial charge on any atom is -0.324 e. The van der Waals surface area contributed by atoms with Crippen LogP contribution in [0.2, 0.25) is 0 Å². The number of hydrogen-bond acceptors (Lipinski definition) is 2. The molecule has 1 rings (SSSR count). The van der Waals surface area contributed by atoms with E-state index in [4.69, 9.17) is 0 Å². The molecule has 1 aliphatic heterocycles. The molecule has 8 heavy (non-hydrogen) atoms. The zero-order chi connectivity index (χ0) is 5.98. The lowest BCUT2D eigenvalue weighted by Crippen LogP contribution is -2.37. The van der Waals surface area contributed by atoms with Gasteiger partial charge in [0.1, 0.15) is 0 Å². The lowest BCUT2D eigenvalue weighted by Gasteiger charge is -2.25. The van der Waals surface area contributed by atoms with Crippen molar-refractivity contribution in [2.24, 2.45) is 0 Å². The van der Waals surface area contributed by atoms with Gasteiger partial charge in [-0.15, -0.1) is 0 Å². The summed E-state index contributed by atoms with van der Waals surface area (Å²) >= 11 is 0. The molecule has 1 saturated heterocycles. The second-order valence-corrected chi connectivity index (χ2v) is 2.24. The van der Waals surface area contributed by atoms with E-state index < -0.39 is 0 Å². The first kappa shape index (κ1) is 5.63. The Balaban J connectivity index is 2.34. The van der Waals surface area contributed by atoms with E-state index in [-0.39, 0.29) is 0 Å². The SMILES string of the molecule is C=C1CCCN(C)N1. The Morgan fingerprint density at radius 1 is 1.75 bits per heavy atom. The Kier molecular flexibility index (Phi) is 1.53. The summed E-state index contributed by atoms with van der Waals surface area (Å²) in [5.74, 6) is 0. The minimum atomic E-state index is 1.13. The van der Waals surface area contributed by atoms with E-state index >= 15 is 0 Å². The van der Waals surface area contributed by atoms with Crippen molar-refractivity contribution in [3.05, 3.63) is 12.3 Å². The van der Waals surface area contributed by atoms with Crippen LogP contribution in [0.25, 0.3) is 0 Å². The number of nitrogens with one attached hydrogen (secondary N) is 1. The smallest absolute Gasteiger partial charge is 0.0192 e. The summed E-state index contributed by atoms with van der Waals surface area (Å²) in [5.41, 5.74) is 4.26. The average molecular weight is 112 g/mol. The van der Waals surface area contributed by atoms with Crippen LogP contribution >= 0.6 is 0 Å². The normalized spacial score (nSPS) is 22.9. The van der Waals surface area contributed by atoms with Crippen LogP contribution in [-0.2, 0) is 0 Å². The Hall–Kier alpha value is -0.500. The summed E-state index contributed by atoms with van der Waals surface area (Å²) in [7, 11) is 2.03. The summed E-state index contributed by atoms with van der Waals surface area (Å²) in [6.45, 7) is 4.95. The molecule has 0 unspecified atom stereocenters. The molecule has 0 aliphatic carbocycles. The van der Waals surface area contributed by atoms with Gasteiger partial charge >= 0.3 is 0 Å². The molecule has 2 nitrogen and oxygen atoms in total. The Bertz CT molecular complexity index is 98.7. The molecule has 0 spiro atoms. The molecule has 0 aromatic carbocycles. The molecular weight excluding hydrogens is 100 g/mol. The summed E-state index contributed by atoms with van der Waals surface area (Å²) in [4.78, 5) is 0. The van der Waals surface area contributed by atoms with E-state index in [0.717, 1.165) is 18.7 Å². The Morgan fingerprint density at radius 2 is 2.50 bits per heavy atom. The standard InChI is InChI=1S/C6H12N2/c1-6-4-3-5-8(2)7-6/h7H,1,3-5H2,2H3. The summed E-state index contributed by atoms with van der Waals surface area (Å²) in [6.07, 6.45) is 2.37. The summed E-state index contributed by atoms with van der Waals surface area (Å²) in [5, 5.41) is 2.06. The van der Waals surface area contributed by atoms with Crippen LogP contribution in [-0.4, -0.2) is 18.6 Å². The maximum Gasteiger partial charge on any atom is 0.0192 e.